The maximum Gasteiger partial charge on any atom is 0.471 e. The van der Waals surface area contributed by atoms with Crippen molar-refractivity contribution in [2.24, 2.45) is 5.92 Å². The number of anilines is 1. The Bertz CT molecular complexity index is 665. The fourth-order valence-electron chi connectivity index (χ4n) is 1.99. The van der Waals surface area contributed by atoms with E-state index in [2.05, 4.69) is 20.0 Å². The van der Waals surface area contributed by atoms with Crippen LogP contribution >= 0.6 is 0 Å². The first-order valence-corrected chi connectivity index (χ1v) is 7.13. The highest BCUT2D eigenvalue weighted by Crippen LogP contribution is 2.29. The van der Waals surface area contributed by atoms with Crippen molar-refractivity contribution in [3.8, 4) is 11.4 Å². The molecule has 5 nitrogen and oxygen atoms in total. The summed E-state index contributed by atoms with van der Waals surface area (Å²) in [6, 6.07) is 6.20. The summed E-state index contributed by atoms with van der Waals surface area (Å²) in [4.78, 5) is 15.2. The summed E-state index contributed by atoms with van der Waals surface area (Å²) in [7, 11) is 0. The molecule has 1 atom stereocenters. The lowest BCUT2D eigenvalue weighted by Gasteiger charge is -2.11. The van der Waals surface area contributed by atoms with E-state index in [4.69, 9.17) is 0 Å². The lowest BCUT2D eigenvalue weighted by Crippen LogP contribution is -2.20. The van der Waals surface area contributed by atoms with Crippen molar-refractivity contribution in [2.45, 2.75) is 32.9 Å². The standard InChI is InChI=1S/C15H16F3N3O2/c1-3-4-9(2)13(22)19-11-7-5-10(6-8-11)12-20-14(23-21-12)15(16,17)18/h5-9H,3-4H2,1-2H3,(H,19,22). The molecule has 0 aliphatic rings. The minimum absolute atomic E-state index is 0.0986. The normalized spacial score (nSPS) is 12.9. The number of aromatic nitrogens is 2. The quantitative estimate of drug-likeness (QED) is 0.896. The van der Waals surface area contributed by atoms with Crippen LogP contribution < -0.4 is 5.32 Å². The number of hydrogen-bond donors (Lipinski definition) is 1. The zero-order valence-corrected chi connectivity index (χ0v) is 12.6. The zero-order valence-electron chi connectivity index (χ0n) is 12.6. The Morgan fingerprint density at radius 2 is 1.96 bits per heavy atom. The Morgan fingerprint density at radius 3 is 2.48 bits per heavy atom. The molecule has 2 aromatic rings. The van der Waals surface area contributed by atoms with Crippen LogP contribution in [-0.4, -0.2) is 16.0 Å². The van der Waals surface area contributed by atoms with Crippen molar-refractivity contribution in [1.82, 2.24) is 10.1 Å². The van der Waals surface area contributed by atoms with Crippen molar-refractivity contribution in [3.05, 3.63) is 30.2 Å². The van der Waals surface area contributed by atoms with Crippen molar-refractivity contribution >= 4 is 11.6 Å². The van der Waals surface area contributed by atoms with Gasteiger partial charge < -0.3 is 9.84 Å². The van der Waals surface area contributed by atoms with E-state index in [1.54, 1.807) is 12.1 Å². The largest absolute Gasteiger partial charge is 0.471 e. The summed E-state index contributed by atoms with van der Waals surface area (Å²) in [6.45, 7) is 3.84. The van der Waals surface area contributed by atoms with Gasteiger partial charge in [0.05, 0.1) is 0 Å². The maximum absolute atomic E-state index is 12.4. The fraction of sp³-hybridized carbons (Fsp3) is 0.400. The van der Waals surface area contributed by atoms with E-state index in [1.807, 2.05) is 13.8 Å². The highest BCUT2D eigenvalue weighted by Gasteiger charge is 2.38. The zero-order chi connectivity index (χ0) is 17.0. The van der Waals surface area contributed by atoms with E-state index in [9.17, 15) is 18.0 Å². The van der Waals surface area contributed by atoms with E-state index in [1.165, 1.54) is 12.1 Å². The van der Waals surface area contributed by atoms with Gasteiger partial charge in [0.15, 0.2) is 0 Å². The molecule has 0 bridgehead atoms. The van der Waals surface area contributed by atoms with Gasteiger partial charge >= 0.3 is 12.1 Å². The number of nitrogens with zero attached hydrogens (tertiary/aromatic N) is 2. The Kier molecular flexibility index (Phi) is 5.02. The van der Waals surface area contributed by atoms with Crippen molar-refractivity contribution < 1.29 is 22.5 Å². The van der Waals surface area contributed by atoms with E-state index in [-0.39, 0.29) is 17.6 Å². The summed E-state index contributed by atoms with van der Waals surface area (Å²) in [5, 5.41) is 6.05. The van der Waals surface area contributed by atoms with Gasteiger partial charge in [-0.1, -0.05) is 25.4 Å². The van der Waals surface area contributed by atoms with Crippen LogP contribution in [-0.2, 0) is 11.0 Å². The third-order valence-electron chi connectivity index (χ3n) is 3.25. The Morgan fingerprint density at radius 1 is 1.30 bits per heavy atom. The topological polar surface area (TPSA) is 68.0 Å². The van der Waals surface area contributed by atoms with Crippen molar-refractivity contribution in [1.29, 1.82) is 0 Å². The van der Waals surface area contributed by atoms with Crippen LogP contribution in [0.3, 0.4) is 0 Å². The van der Waals surface area contributed by atoms with Gasteiger partial charge in [-0.3, -0.25) is 4.79 Å². The molecule has 0 spiro atoms. The van der Waals surface area contributed by atoms with Crippen LogP contribution in [0.5, 0.6) is 0 Å². The molecule has 1 heterocycles. The number of carbonyl (C=O) groups excluding carboxylic acids is 1. The first-order valence-electron chi connectivity index (χ1n) is 7.13. The summed E-state index contributed by atoms with van der Waals surface area (Å²) in [5.41, 5.74) is 0.921. The maximum atomic E-state index is 12.4. The van der Waals surface area contributed by atoms with Crippen LogP contribution in [0.25, 0.3) is 11.4 Å². The first-order chi connectivity index (χ1) is 10.8. The van der Waals surface area contributed by atoms with Gasteiger partial charge in [-0.25, -0.2) is 0 Å². The van der Waals surface area contributed by atoms with E-state index < -0.39 is 12.1 Å². The van der Waals surface area contributed by atoms with E-state index in [0.29, 0.717) is 11.3 Å². The molecule has 1 aromatic heterocycles. The summed E-state index contributed by atoms with van der Waals surface area (Å²) in [5.74, 6) is -1.75. The number of hydrogen-bond acceptors (Lipinski definition) is 4. The summed E-state index contributed by atoms with van der Waals surface area (Å²) in [6.07, 6.45) is -2.98. The molecule has 1 unspecified atom stereocenters. The SMILES string of the molecule is CCCC(C)C(=O)Nc1ccc(-c2noc(C(F)(F)F)n2)cc1. The minimum Gasteiger partial charge on any atom is -0.329 e. The predicted molar refractivity (Wildman–Crippen MR) is 77.4 cm³/mol. The monoisotopic (exact) mass is 327 g/mol. The second-order valence-corrected chi connectivity index (χ2v) is 5.18. The fourth-order valence-corrected chi connectivity index (χ4v) is 1.99. The summed E-state index contributed by atoms with van der Waals surface area (Å²) >= 11 is 0. The molecule has 0 radical (unpaired) electrons. The Balaban J connectivity index is 2.08. The first kappa shape index (κ1) is 17.0. The molecule has 124 valence electrons. The molecule has 2 rings (SSSR count). The molecule has 1 N–H and O–H groups in total. The van der Waals surface area contributed by atoms with Gasteiger partial charge in [0, 0.05) is 17.2 Å². The van der Waals surface area contributed by atoms with Crippen LogP contribution in [0.15, 0.2) is 28.8 Å². The molecule has 1 amide bonds. The van der Waals surface area contributed by atoms with Gasteiger partial charge in [-0.2, -0.15) is 18.2 Å². The highest BCUT2D eigenvalue weighted by atomic mass is 19.4. The molecule has 0 aliphatic carbocycles. The Hall–Kier alpha value is -2.38. The number of carbonyl (C=O) groups is 1. The number of halogens is 3. The molecule has 0 saturated heterocycles. The highest BCUT2D eigenvalue weighted by molar-refractivity contribution is 5.92. The average Bonchev–Trinajstić information content (AvgIpc) is 2.98. The van der Waals surface area contributed by atoms with Crippen LogP contribution in [0.2, 0.25) is 0 Å². The summed E-state index contributed by atoms with van der Waals surface area (Å²) < 4.78 is 41.4. The number of benzene rings is 1. The second-order valence-electron chi connectivity index (χ2n) is 5.18. The number of amides is 1. The van der Waals surface area contributed by atoms with E-state index >= 15 is 0 Å². The van der Waals surface area contributed by atoms with Crippen LogP contribution in [0.4, 0.5) is 18.9 Å². The van der Waals surface area contributed by atoms with Gasteiger partial charge in [0.1, 0.15) is 0 Å². The Labute approximate surface area is 130 Å². The van der Waals surface area contributed by atoms with E-state index in [0.717, 1.165) is 12.8 Å². The van der Waals surface area contributed by atoms with Crippen LogP contribution in [0, 0.1) is 5.92 Å². The third-order valence-corrected chi connectivity index (χ3v) is 3.25. The second kappa shape index (κ2) is 6.80. The minimum atomic E-state index is -4.67. The lowest BCUT2D eigenvalue weighted by atomic mass is 10.1. The van der Waals surface area contributed by atoms with Gasteiger partial charge in [0.2, 0.25) is 11.7 Å². The lowest BCUT2D eigenvalue weighted by molar-refractivity contribution is -0.159. The van der Waals surface area contributed by atoms with Gasteiger partial charge in [-0.15, -0.1) is 0 Å². The molecule has 8 heteroatoms. The van der Waals surface area contributed by atoms with Crippen LogP contribution in [0.1, 0.15) is 32.6 Å². The van der Waals surface area contributed by atoms with Crippen molar-refractivity contribution in [3.63, 3.8) is 0 Å². The van der Waals surface area contributed by atoms with Crippen molar-refractivity contribution in [2.75, 3.05) is 5.32 Å². The van der Waals surface area contributed by atoms with Gasteiger partial charge in [0.25, 0.3) is 0 Å². The number of alkyl halides is 3. The smallest absolute Gasteiger partial charge is 0.329 e. The number of nitrogens with one attached hydrogen (secondary N) is 1. The molecule has 0 saturated carbocycles. The molecule has 23 heavy (non-hydrogen) atoms. The molecule has 0 aliphatic heterocycles. The average molecular weight is 327 g/mol. The molecular formula is C15H16F3N3O2. The van der Waals surface area contributed by atoms with Gasteiger partial charge in [-0.05, 0) is 30.7 Å². The predicted octanol–water partition coefficient (Wildman–Crippen LogP) is 4.13. The third kappa shape index (κ3) is 4.30. The number of rotatable bonds is 5. The molecule has 1 aromatic carbocycles. The molecule has 0 fully saturated rings. The molecular weight excluding hydrogens is 311 g/mol.